The predicted molar refractivity (Wildman–Crippen MR) is 125 cm³/mol. The SMILES string of the molecule is CCOc1ccc(-c2ccc(S(=O)(=O)N(C)[C@@H](C(=O)O)C3CCN(B(C)O)CC3)s2)cc1. The van der Waals surface area contributed by atoms with Gasteiger partial charge in [0, 0.05) is 11.9 Å². The van der Waals surface area contributed by atoms with Crippen molar-refractivity contribution in [2.45, 2.75) is 36.8 Å². The molecule has 0 aliphatic carbocycles. The zero-order chi connectivity index (χ0) is 23.5. The van der Waals surface area contributed by atoms with E-state index >= 15 is 0 Å². The quantitative estimate of drug-likeness (QED) is 0.532. The van der Waals surface area contributed by atoms with Crippen LogP contribution in [0.5, 0.6) is 5.75 Å². The average Bonchev–Trinajstić information content (AvgIpc) is 3.26. The number of ether oxygens (including phenoxy) is 1. The van der Waals surface area contributed by atoms with E-state index in [0.717, 1.165) is 31.8 Å². The number of sulfonamides is 1. The number of rotatable bonds is 9. The van der Waals surface area contributed by atoms with E-state index in [-0.39, 0.29) is 10.1 Å². The van der Waals surface area contributed by atoms with Crippen LogP contribution in [-0.2, 0) is 14.8 Å². The topological polar surface area (TPSA) is 107 Å². The predicted octanol–water partition coefficient (Wildman–Crippen LogP) is 2.71. The number of benzene rings is 1. The number of aliphatic carboxylic acids is 1. The van der Waals surface area contributed by atoms with Crippen LogP contribution in [0.25, 0.3) is 10.4 Å². The average molecular weight is 480 g/mol. The minimum atomic E-state index is -3.98. The van der Waals surface area contributed by atoms with Gasteiger partial charge < -0.3 is 19.7 Å². The highest BCUT2D eigenvalue weighted by atomic mass is 32.2. The molecule has 174 valence electrons. The summed E-state index contributed by atoms with van der Waals surface area (Å²) in [7, 11) is -3.25. The van der Waals surface area contributed by atoms with E-state index in [4.69, 9.17) is 4.74 Å². The minimum absolute atomic E-state index is 0.108. The van der Waals surface area contributed by atoms with Crippen LogP contribution in [0.2, 0.25) is 6.82 Å². The highest BCUT2D eigenvalue weighted by Crippen LogP contribution is 2.35. The summed E-state index contributed by atoms with van der Waals surface area (Å²) in [5.41, 5.74) is 0.864. The van der Waals surface area contributed by atoms with Crippen molar-refractivity contribution >= 4 is 34.4 Å². The van der Waals surface area contributed by atoms with Crippen LogP contribution in [0.4, 0.5) is 0 Å². The third-order valence-electron chi connectivity index (χ3n) is 5.86. The molecule has 3 rings (SSSR count). The molecular formula is C21H29BN2O6S2. The van der Waals surface area contributed by atoms with Crippen molar-refractivity contribution in [1.82, 2.24) is 9.12 Å². The van der Waals surface area contributed by atoms with Gasteiger partial charge in [0.05, 0.1) is 6.61 Å². The van der Waals surface area contributed by atoms with E-state index in [0.29, 0.717) is 32.5 Å². The lowest BCUT2D eigenvalue weighted by Gasteiger charge is -2.37. The Hall–Kier alpha value is -1.92. The smallest absolute Gasteiger partial charge is 0.376 e. The molecule has 32 heavy (non-hydrogen) atoms. The summed E-state index contributed by atoms with van der Waals surface area (Å²) in [6.45, 7) is 5.20. The summed E-state index contributed by atoms with van der Waals surface area (Å²) in [6.07, 6.45) is 1.01. The largest absolute Gasteiger partial charge is 0.494 e. The zero-order valence-electron chi connectivity index (χ0n) is 18.5. The summed E-state index contributed by atoms with van der Waals surface area (Å²) < 4.78 is 33.1. The molecule has 2 heterocycles. The molecule has 11 heteroatoms. The molecule has 1 aliphatic rings. The van der Waals surface area contributed by atoms with Gasteiger partial charge in [-0.2, -0.15) is 4.31 Å². The number of thiophene rings is 1. The standard InChI is InChI=1S/C21H29BN2O6S2/c1-4-30-17-7-5-15(6-8-17)18-9-10-19(31-18)32(28,29)23(3)20(21(25)26)16-11-13-24(14-12-16)22(2)27/h5-10,16,20,27H,4,11-14H2,1-3H3,(H,25,26)/t20-/m1/s1. The molecule has 1 aromatic heterocycles. The molecule has 1 fully saturated rings. The van der Waals surface area contributed by atoms with E-state index in [1.807, 2.05) is 36.0 Å². The van der Waals surface area contributed by atoms with Crippen LogP contribution in [0.15, 0.2) is 40.6 Å². The number of carboxylic acids is 1. The molecule has 0 saturated carbocycles. The highest BCUT2D eigenvalue weighted by molar-refractivity contribution is 7.91. The zero-order valence-corrected chi connectivity index (χ0v) is 20.1. The van der Waals surface area contributed by atoms with E-state index in [9.17, 15) is 23.3 Å². The summed E-state index contributed by atoms with van der Waals surface area (Å²) >= 11 is 1.12. The Morgan fingerprint density at radius 2 is 1.88 bits per heavy atom. The molecule has 0 radical (unpaired) electrons. The first-order valence-electron chi connectivity index (χ1n) is 10.6. The summed E-state index contributed by atoms with van der Waals surface area (Å²) in [6, 6.07) is 9.50. The van der Waals surface area contributed by atoms with Crippen molar-refractivity contribution in [3.63, 3.8) is 0 Å². The van der Waals surface area contributed by atoms with Crippen LogP contribution in [0.3, 0.4) is 0 Å². The fraction of sp³-hybridized carbons (Fsp3) is 0.476. The van der Waals surface area contributed by atoms with Crippen molar-refractivity contribution < 1.29 is 28.1 Å². The number of likely N-dealkylation sites (N-methyl/N-ethyl adjacent to an activating group) is 1. The third-order valence-corrected chi connectivity index (χ3v) is 9.30. The van der Waals surface area contributed by atoms with Gasteiger partial charge in [-0.3, -0.25) is 4.79 Å². The number of piperidine rings is 1. The Balaban J connectivity index is 1.79. The molecule has 1 saturated heterocycles. The van der Waals surface area contributed by atoms with E-state index in [1.54, 1.807) is 12.9 Å². The Labute approximate surface area is 193 Å². The Morgan fingerprint density at radius 3 is 2.41 bits per heavy atom. The van der Waals surface area contributed by atoms with Gasteiger partial charge in [0.15, 0.2) is 0 Å². The van der Waals surface area contributed by atoms with Gasteiger partial charge in [-0.25, -0.2) is 8.42 Å². The first-order valence-corrected chi connectivity index (χ1v) is 12.9. The molecule has 0 bridgehead atoms. The fourth-order valence-corrected chi connectivity index (χ4v) is 6.92. The number of carboxylic acid groups (broad SMARTS) is 1. The van der Waals surface area contributed by atoms with Gasteiger partial charge in [0.1, 0.15) is 16.0 Å². The van der Waals surface area contributed by atoms with Crippen LogP contribution >= 0.6 is 11.3 Å². The van der Waals surface area contributed by atoms with Gasteiger partial charge in [0.25, 0.3) is 10.0 Å². The summed E-state index contributed by atoms with van der Waals surface area (Å²) in [5, 5.41) is 19.6. The van der Waals surface area contributed by atoms with E-state index in [1.165, 1.54) is 13.1 Å². The van der Waals surface area contributed by atoms with E-state index in [2.05, 4.69) is 0 Å². The van der Waals surface area contributed by atoms with Gasteiger partial charge in [0.2, 0.25) is 0 Å². The lowest BCUT2D eigenvalue weighted by atomic mass is 9.79. The molecule has 2 aromatic rings. The van der Waals surface area contributed by atoms with Crippen molar-refractivity contribution in [2.75, 3.05) is 26.7 Å². The van der Waals surface area contributed by atoms with Crippen molar-refractivity contribution in [3.05, 3.63) is 36.4 Å². The van der Waals surface area contributed by atoms with Crippen molar-refractivity contribution in [3.8, 4) is 16.2 Å². The molecule has 0 spiro atoms. The Morgan fingerprint density at radius 1 is 1.25 bits per heavy atom. The number of hydrogen-bond acceptors (Lipinski definition) is 7. The van der Waals surface area contributed by atoms with Crippen LogP contribution in [0, 0.1) is 5.92 Å². The van der Waals surface area contributed by atoms with E-state index < -0.39 is 29.1 Å². The maximum Gasteiger partial charge on any atom is 0.376 e. The number of nitrogens with zero attached hydrogens (tertiary/aromatic N) is 2. The molecule has 2 N–H and O–H groups in total. The normalized spacial score (nSPS) is 16.8. The second kappa shape index (κ2) is 10.3. The van der Waals surface area contributed by atoms with Crippen LogP contribution in [0.1, 0.15) is 19.8 Å². The highest BCUT2D eigenvalue weighted by Gasteiger charge is 2.40. The first kappa shape index (κ1) is 24.7. The summed E-state index contributed by atoms with van der Waals surface area (Å²) in [5.74, 6) is -0.742. The molecule has 1 aromatic carbocycles. The molecule has 1 atom stereocenters. The monoisotopic (exact) mass is 480 g/mol. The number of carbonyl (C=O) groups is 1. The van der Waals surface area contributed by atoms with Crippen molar-refractivity contribution in [2.24, 2.45) is 5.92 Å². The van der Waals surface area contributed by atoms with Gasteiger partial charge in [-0.05, 0) is 87.6 Å². The second-order valence-electron chi connectivity index (χ2n) is 7.89. The summed E-state index contributed by atoms with van der Waals surface area (Å²) in [4.78, 5) is 14.7. The molecule has 0 amide bonds. The van der Waals surface area contributed by atoms with Gasteiger partial charge in [-0.1, -0.05) is 0 Å². The third kappa shape index (κ3) is 5.35. The maximum atomic E-state index is 13.3. The van der Waals surface area contributed by atoms with Crippen LogP contribution < -0.4 is 4.74 Å². The molecule has 8 nitrogen and oxygen atoms in total. The first-order chi connectivity index (χ1) is 15.1. The van der Waals surface area contributed by atoms with Gasteiger partial charge >= 0.3 is 13.0 Å². The minimum Gasteiger partial charge on any atom is -0.494 e. The lowest BCUT2D eigenvalue weighted by molar-refractivity contribution is -0.143. The second-order valence-corrected chi connectivity index (χ2v) is 11.2. The van der Waals surface area contributed by atoms with Crippen molar-refractivity contribution in [1.29, 1.82) is 0 Å². The number of hydrogen-bond donors (Lipinski definition) is 2. The Kier molecular flexibility index (Phi) is 7.99. The van der Waals surface area contributed by atoms with Gasteiger partial charge in [-0.15, -0.1) is 11.3 Å². The van der Waals surface area contributed by atoms with Crippen LogP contribution in [-0.4, -0.2) is 73.5 Å². The molecule has 0 unspecified atom stereocenters. The molecule has 1 aliphatic heterocycles. The maximum absolute atomic E-state index is 13.3. The fourth-order valence-electron chi connectivity index (χ4n) is 4.05. The molecular weight excluding hydrogens is 451 g/mol. The Bertz CT molecular complexity index is 1020. The lowest BCUT2D eigenvalue weighted by Crippen LogP contribution is -2.51.